The zero-order valence-corrected chi connectivity index (χ0v) is 10.00. The van der Waals surface area contributed by atoms with Crippen molar-refractivity contribution in [1.29, 1.82) is 0 Å². The van der Waals surface area contributed by atoms with Crippen LogP contribution in [0.1, 0.15) is 32.6 Å². The lowest BCUT2D eigenvalue weighted by molar-refractivity contribution is -0.120. The van der Waals surface area contributed by atoms with Gasteiger partial charge in [0.2, 0.25) is 5.91 Å². The third-order valence-electron chi connectivity index (χ3n) is 2.26. The first-order valence-electron chi connectivity index (χ1n) is 5.89. The van der Waals surface area contributed by atoms with E-state index in [-0.39, 0.29) is 11.9 Å². The van der Waals surface area contributed by atoms with E-state index in [1.54, 1.807) is 0 Å². The summed E-state index contributed by atoms with van der Waals surface area (Å²) in [5, 5.41) is 6.00. The molecule has 0 saturated carbocycles. The van der Waals surface area contributed by atoms with Crippen LogP contribution in [0, 0.1) is 0 Å². The SMILES string of the molecule is CCC(=O)NCCNCCCCC(N)C=O. The maximum absolute atomic E-state index is 10.9. The predicted octanol–water partition coefficient (Wildman–Crippen LogP) is -0.201. The number of unbranched alkanes of at least 4 members (excludes halogenated alkanes) is 1. The molecule has 5 nitrogen and oxygen atoms in total. The van der Waals surface area contributed by atoms with Crippen molar-refractivity contribution >= 4 is 12.2 Å². The van der Waals surface area contributed by atoms with Gasteiger partial charge < -0.3 is 21.2 Å². The van der Waals surface area contributed by atoms with Gasteiger partial charge in [-0.15, -0.1) is 0 Å². The first-order valence-corrected chi connectivity index (χ1v) is 5.89. The molecule has 0 rings (SSSR count). The van der Waals surface area contributed by atoms with Crippen molar-refractivity contribution in [2.75, 3.05) is 19.6 Å². The Hall–Kier alpha value is -0.940. The van der Waals surface area contributed by atoms with E-state index in [0.717, 1.165) is 38.6 Å². The molecule has 16 heavy (non-hydrogen) atoms. The van der Waals surface area contributed by atoms with Crippen molar-refractivity contribution in [2.45, 2.75) is 38.6 Å². The number of amides is 1. The minimum absolute atomic E-state index is 0.0822. The molecule has 0 aliphatic rings. The van der Waals surface area contributed by atoms with Gasteiger partial charge in [0.05, 0.1) is 6.04 Å². The van der Waals surface area contributed by atoms with Gasteiger partial charge >= 0.3 is 0 Å². The van der Waals surface area contributed by atoms with E-state index in [2.05, 4.69) is 10.6 Å². The van der Waals surface area contributed by atoms with Gasteiger partial charge in [-0.1, -0.05) is 13.3 Å². The van der Waals surface area contributed by atoms with Crippen LogP contribution >= 0.6 is 0 Å². The van der Waals surface area contributed by atoms with Crippen LogP contribution in [-0.4, -0.2) is 37.9 Å². The van der Waals surface area contributed by atoms with Gasteiger partial charge in [0.25, 0.3) is 0 Å². The van der Waals surface area contributed by atoms with E-state index in [1.807, 2.05) is 6.92 Å². The van der Waals surface area contributed by atoms with Crippen molar-refractivity contribution in [1.82, 2.24) is 10.6 Å². The summed E-state index contributed by atoms with van der Waals surface area (Å²) in [6.45, 7) is 4.18. The smallest absolute Gasteiger partial charge is 0.219 e. The van der Waals surface area contributed by atoms with Crippen molar-refractivity contribution in [3.8, 4) is 0 Å². The maximum Gasteiger partial charge on any atom is 0.219 e. The van der Waals surface area contributed by atoms with Crippen LogP contribution in [0.25, 0.3) is 0 Å². The third kappa shape index (κ3) is 9.61. The van der Waals surface area contributed by atoms with Gasteiger partial charge in [-0.2, -0.15) is 0 Å². The lowest BCUT2D eigenvalue weighted by atomic mass is 10.1. The Morgan fingerprint density at radius 1 is 1.31 bits per heavy atom. The van der Waals surface area contributed by atoms with Crippen LogP contribution in [0.5, 0.6) is 0 Å². The molecule has 0 fully saturated rings. The van der Waals surface area contributed by atoms with Crippen molar-refractivity contribution in [2.24, 2.45) is 5.73 Å². The zero-order chi connectivity index (χ0) is 12.2. The molecule has 0 spiro atoms. The first-order chi connectivity index (χ1) is 7.70. The number of nitrogens with two attached hydrogens (primary N) is 1. The Balaban J connectivity index is 3.10. The molecule has 1 unspecified atom stereocenters. The Morgan fingerprint density at radius 3 is 2.69 bits per heavy atom. The highest BCUT2D eigenvalue weighted by Crippen LogP contribution is 1.95. The molecule has 4 N–H and O–H groups in total. The van der Waals surface area contributed by atoms with E-state index in [9.17, 15) is 9.59 Å². The third-order valence-corrected chi connectivity index (χ3v) is 2.26. The fourth-order valence-corrected chi connectivity index (χ4v) is 1.24. The van der Waals surface area contributed by atoms with E-state index < -0.39 is 0 Å². The summed E-state index contributed by atoms with van der Waals surface area (Å²) in [6, 6.07) is -0.316. The topological polar surface area (TPSA) is 84.2 Å². The molecule has 94 valence electrons. The molecular weight excluding hydrogens is 206 g/mol. The van der Waals surface area contributed by atoms with Gasteiger partial charge in [0, 0.05) is 19.5 Å². The van der Waals surface area contributed by atoms with Gasteiger partial charge in [0.1, 0.15) is 6.29 Å². The van der Waals surface area contributed by atoms with E-state index in [1.165, 1.54) is 0 Å². The maximum atomic E-state index is 10.9. The highest BCUT2D eigenvalue weighted by atomic mass is 16.1. The standard InChI is InChI=1S/C11H23N3O2/c1-2-11(16)14-8-7-13-6-4-3-5-10(12)9-15/h9-10,13H,2-8,12H2,1H3,(H,14,16). The van der Waals surface area contributed by atoms with Gasteiger partial charge in [-0.25, -0.2) is 0 Å². The molecule has 0 bridgehead atoms. The second kappa shape index (κ2) is 10.6. The molecule has 0 radical (unpaired) electrons. The zero-order valence-electron chi connectivity index (χ0n) is 10.00. The van der Waals surface area contributed by atoms with Gasteiger partial charge in [0.15, 0.2) is 0 Å². The van der Waals surface area contributed by atoms with Crippen LogP contribution in [0.15, 0.2) is 0 Å². The summed E-state index contributed by atoms with van der Waals surface area (Å²) in [7, 11) is 0. The fraction of sp³-hybridized carbons (Fsp3) is 0.818. The predicted molar refractivity (Wildman–Crippen MR) is 64.1 cm³/mol. The molecule has 0 aromatic carbocycles. The number of aldehydes is 1. The second-order valence-electron chi connectivity index (χ2n) is 3.75. The highest BCUT2D eigenvalue weighted by Gasteiger charge is 1.98. The molecule has 0 saturated heterocycles. The fourth-order valence-electron chi connectivity index (χ4n) is 1.24. The van der Waals surface area contributed by atoms with Crippen molar-refractivity contribution in [3.05, 3.63) is 0 Å². The van der Waals surface area contributed by atoms with Crippen LogP contribution in [-0.2, 0) is 9.59 Å². The lowest BCUT2D eigenvalue weighted by Crippen LogP contribution is -2.31. The van der Waals surface area contributed by atoms with Gasteiger partial charge in [-0.05, 0) is 19.4 Å². The Labute approximate surface area is 97.2 Å². The van der Waals surface area contributed by atoms with Crippen molar-refractivity contribution in [3.63, 3.8) is 0 Å². The molecule has 0 aromatic rings. The molecule has 5 heteroatoms. The summed E-state index contributed by atoms with van der Waals surface area (Å²) < 4.78 is 0. The minimum Gasteiger partial charge on any atom is -0.355 e. The monoisotopic (exact) mass is 229 g/mol. The largest absolute Gasteiger partial charge is 0.355 e. The molecule has 0 aliphatic heterocycles. The Bertz CT molecular complexity index is 198. The summed E-state index contributed by atoms with van der Waals surface area (Å²) in [5.41, 5.74) is 5.45. The number of hydrogen-bond acceptors (Lipinski definition) is 4. The first kappa shape index (κ1) is 15.1. The summed E-state index contributed by atoms with van der Waals surface area (Å²) in [5.74, 6) is 0.0822. The molecule has 1 atom stereocenters. The van der Waals surface area contributed by atoms with E-state index in [0.29, 0.717) is 13.0 Å². The molecule has 0 heterocycles. The van der Waals surface area contributed by atoms with Crippen LogP contribution < -0.4 is 16.4 Å². The Kier molecular flexibility index (Phi) is 9.95. The van der Waals surface area contributed by atoms with E-state index in [4.69, 9.17) is 5.73 Å². The number of hydrogen-bond donors (Lipinski definition) is 3. The quantitative estimate of drug-likeness (QED) is 0.358. The average molecular weight is 229 g/mol. The highest BCUT2D eigenvalue weighted by molar-refractivity contribution is 5.75. The summed E-state index contributed by atoms with van der Waals surface area (Å²) in [4.78, 5) is 21.1. The van der Waals surface area contributed by atoms with Crippen LogP contribution in [0.4, 0.5) is 0 Å². The average Bonchev–Trinajstić information content (AvgIpc) is 2.31. The number of nitrogens with one attached hydrogen (secondary N) is 2. The normalized spacial score (nSPS) is 12.1. The summed E-state index contributed by atoms with van der Waals surface area (Å²) in [6.07, 6.45) is 4.02. The molecular formula is C11H23N3O2. The number of carbonyl (C=O) groups is 2. The molecule has 0 aliphatic carbocycles. The van der Waals surface area contributed by atoms with Gasteiger partial charge in [-0.3, -0.25) is 4.79 Å². The van der Waals surface area contributed by atoms with Crippen LogP contribution in [0.3, 0.4) is 0 Å². The Morgan fingerprint density at radius 2 is 2.06 bits per heavy atom. The molecule has 0 aromatic heterocycles. The molecule has 1 amide bonds. The summed E-state index contributed by atoms with van der Waals surface area (Å²) >= 11 is 0. The van der Waals surface area contributed by atoms with Crippen molar-refractivity contribution < 1.29 is 9.59 Å². The minimum atomic E-state index is -0.316. The lowest BCUT2D eigenvalue weighted by Gasteiger charge is -2.06. The second-order valence-corrected chi connectivity index (χ2v) is 3.75. The number of rotatable bonds is 10. The number of carbonyl (C=O) groups excluding carboxylic acids is 2. The van der Waals surface area contributed by atoms with E-state index >= 15 is 0 Å². The van der Waals surface area contributed by atoms with Crippen LogP contribution in [0.2, 0.25) is 0 Å².